The van der Waals surface area contributed by atoms with Crippen molar-refractivity contribution < 1.29 is 0 Å². The van der Waals surface area contributed by atoms with Gasteiger partial charge in [0.2, 0.25) is 0 Å². The first-order valence-corrected chi connectivity index (χ1v) is 6.65. The van der Waals surface area contributed by atoms with E-state index in [0.29, 0.717) is 5.69 Å². The molecule has 2 aromatic heterocycles. The van der Waals surface area contributed by atoms with Crippen molar-refractivity contribution in [2.75, 3.05) is 25.4 Å². The summed E-state index contributed by atoms with van der Waals surface area (Å²) in [4.78, 5) is 7.00. The van der Waals surface area contributed by atoms with Gasteiger partial charge in [-0.1, -0.05) is 6.42 Å². The standard InChI is InChI=1S/C13H19N5/c14-11-5-4-9-18-13(11)15-12(16-18)6-10-17-7-2-1-3-8-17/h4-5,9H,1-3,6-8,10,14H2. The monoisotopic (exact) mass is 245 g/mol. The topological polar surface area (TPSA) is 59.5 Å². The molecule has 0 spiro atoms. The van der Waals surface area contributed by atoms with Gasteiger partial charge in [0.1, 0.15) is 0 Å². The van der Waals surface area contributed by atoms with Gasteiger partial charge >= 0.3 is 0 Å². The lowest BCUT2D eigenvalue weighted by atomic mass is 10.1. The first kappa shape index (κ1) is 11.5. The number of hydrogen-bond acceptors (Lipinski definition) is 4. The molecule has 2 N–H and O–H groups in total. The van der Waals surface area contributed by atoms with Crippen molar-refractivity contribution in [1.29, 1.82) is 0 Å². The van der Waals surface area contributed by atoms with E-state index in [1.165, 1.54) is 32.4 Å². The summed E-state index contributed by atoms with van der Waals surface area (Å²) in [6, 6.07) is 3.75. The molecule has 0 amide bonds. The molecule has 1 aliphatic rings. The summed E-state index contributed by atoms with van der Waals surface area (Å²) >= 11 is 0. The normalized spacial score (nSPS) is 17.3. The van der Waals surface area contributed by atoms with Gasteiger partial charge in [0.15, 0.2) is 11.5 Å². The van der Waals surface area contributed by atoms with Gasteiger partial charge in [0, 0.05) is 19.2 Å². The van der Waals surface area contributed by atoms with Gasteiger partial charge in [-0.2, -0.15) is 5.10 Å². The highest BCUT2D eigenvalue weighted by Crippen LogP contribution is 2.12. The second kappa shape index (κ2) is 4.94. The fraction of sp³-hybridized carbons (Fsp3) is 0.538. The van der Waals surface area contributed by atoms with Gasteiger partial charge in [0.05, 0.1) is 5.69 Å². The lowest BCUT2D eigenvalue weighted by molar-refractivity contribution is 0.230. The number of pyridine rings is 1. The molecule has 0 saturated carbocycles. The van der Waals surface area contributed by atoms with E-state index in [4.69, 9.17) is 5.73 Å². The Hall–Kier alpha value is -1.62. The average Bonchev–Trinajstić information content (AvgIpc) is 2.82. The molecule has 0 atom stereocenters. The predicted molar refractivity (Wildman–Crippen MR) is 71.4 cm³/mol. The van der Waals surface area contributed by atoms with Gasteiger partial charge < -0.3 is 10.6 Å². The minimum absolute atomic E-state index is 0.689. The van der Waals surface area contributed by atoms with Crippen LogP contribution in [0.1, 0.15) is 25.1 Å². The number of hydrogen-bond donors (Lipinski definition) is 1. The summed E-state index contributed by atoms with van der Waals surface area (Å²) in [7, 11) is 0. The van der Waals surface area contributed by atoms with Crippen molar-refractivity contribution in [3.63, 3.8) is 0 Å². The molecular formula is C13H19N5. The van der Waals surface area contributed by atoms with Gasteiger partial charge in [-0.05, 0) is 38.1 Å². The number of fused-ring (bicyclic) bond motifs is 1. The highest BCUT2D eigenvalue weighted by Gasteiger charge is 2.12. The number of nitrogen functional groups attached to an aromatic ring is 1. The summed E-state index contributed by atoms with van der Waals surface area (Å²) in [5.74, 6) is 0.887. The molecule has 1 aliphatic heterocycles. The van der Waals surface area contributed by atoms with Crippen molar-refractivity contribution in [2.45, 2.75) is 25.7 Å². The number of piperidine rings is 1. The van der Waals surface area contributed by atoms with Crippen molar-refractivity contribution in [1.82, 2.24) is 19.5 Å². The molecule has 2 aromatic rings. The third kappa shape index (κ3) is 2.31. The fourth-order valence-corrected chi connectivity index (χ4v) is 2.52. The molecule has 0 bridgehead atoms. The van der Waals surface area contributed by atoms with Gasteiger partial charge in [-0.15, -0.1) is 0 Å². The van der Waals surface area contributed by atoms with Crippen LogP contribution < -0.4 is 5.73 Å². The zero-order valence-electron chi connectivity index (χ0n) is 10.5. The quantitative estimate of drug-likeness (QED) is 0.886. The van der Waals surface area contributed by atoms with Crippen LogP contribution in [0.25, 0.3) is 5.65 Å². The van der Waals surface area contributed by atoms with E-state index in [1.807, 2.05) is 18.3 Å². The van der Waals surface area contributed by atoms with Gasteiger partial charge in [-0.3, -0.25) is 0 Å². The van der Waals surface area contributed by atoms with E-state index in [-0.39, 0.29) is 0 Å². The van der Waals surface area contributed by atoms with E-state index < -0.39 is 0 Å². The Balaban J connectivity index is 1.69. The van der Waals surface area contributed by atoms with Gasteiger partial charge in [-0.25, -0.2) is 9.50 Å². The lowest BCUT2D eigenvalue weighted by Crippen LogP contribution is -2.31. The van der Waals surface area contributed by atoms with Crippen molar-refractivity contribution >= 4 is 11.3 Å². The molecule has 1 fully saturated rings. The predicted octanol–water partition coefficient (Wildman–Crippen LogP) is 1.34. The minimum Gasteiger partial charge on any atom is -0.396 e. The Morgan fingerprint density at radius 2 is 2.06 bits per heavy atom. The third-order valence-electron chi connectivity index (χ3n) is 3.54. The van der Waals surface area contributed by atoms with E-state index >= 15 is 0 Å². The van der Waals surface area contributed by atoms with E-state index in [2.05, 4.69) is 15.0 Å². The number of likely N-dealkylation sites (tertiary alicyclic amines) is 1. The molecule has 96 valence electrons. The lowest BCUT2D eigenvalue weighted by Gasteiger charge is -2.25. The molecule has 1 saturated heterocycles. The Bertz CT molecular complexity index is 527. The Kier molecular flexibility index (Phi) is 3.15. The summed E-state index contributed by atoms with van der Waals surface area (Å²) in [6.45, 7) is 3.49. The maximum atomic E-state index is 5.87. The van der Waals surface area contributed by atoms with E-state index in [9.17, 15) is 0 Å². The molecule has 0 aliphatic carbocycles. The molecule has 0 radical (unpaired) electrons. The summed E-state index contributed by atoms with van der Waals surface area (Å²) < 4.78 is 1.76. The molecule has 5 heteroatoms. The molecule has 0 unspecified atom stereocenters. The number of rotatable bonds is 3. The fourth-order valence-electron chi connectivity index (χ4n) is 2.52. The SMILES string of the molecule is Nc1cccn2nc(CCN3CCCCC3)nc12. The largest absolute Gasteiger partial charge is 0.396 e. The maximum absolute atomic E-state index is 5.87. The molecule has 3 rings (SSSR count). The zero-order chi connectivity index (χ0) is 12.4. The number of nitrogens with zero attached hydrogens (tertiary/aromatic N) is 4. The Morgan fingerprint density at radius 1 is 1.22 bits per heavy atom. The van der Waals surface area contributed by atoms with Crippen LogP contribution in [0.2, 0.25) is 0 Å². The molecular weight excluding hydrogens is 226 g/mol. The van der Waals surface area contributed by atoms with E-state index in [1.54, 1.807) is 4.52 Å². The maximum Gasteiger partial charge on any atom is 0.178 e. The van der Waals surface area contributed by atoms with Crippen LogP contribution in [0.3, 0.4) is 0 Å². The average molecular weight is 245 g/mol. The molecule has 0 aromatic carbocycles. The minimum atomic E-state index is 0.689. The highest BCUT2D eigenvalue weighted by atomic mass is 15.3. The first-order chi connectivity index (χ1) is 8.83. The van der Waals surface area contributed by atoms with Crippen LogP contribution in [0.15, 0.2) is 18.3 Å². The van der Waals surface area contributed by atoms with Crippen molar-refractivity contribution in [3.8, 4) is 0 Å². The van der Waals surface area contributed by atoms with Crippen molar-refractivity contribution in [3.05, 3.63) is 24.2 Å². The smallest absolute Gasteiger partial charge is 0.178 e. The van der Waals surface area contributed by atoms with E-state index in [0.717, 1.165) is 24.4 Å². The van der Waals surface area contributed by atoms with Crippen LogP contribution in [0, 0.1) is 0 Å². The molecule has 3 heterocycles. The summed E-state index contributed by atoms with van der Waals surface area (Å²) in [5, 5.41) is 4.46. The zero-order valence-corrected chi connectivity index (χ0v) is 10.5. The van der Waals surface area contributed by atoms with Crippen LogP contribution in [0.4, 0.5) is 5.69 Å². The molecule has 5 nitrogen and oxygen atoms in total. The number of aromatic nitrogens is 3. The highest BCUT2D eigenvalue weighted by molar-refractivity contribution is 5.63. The van der Waals surface area contributed by atoms with Gasteiger partial charge in [0.25, 0.3) is 0 Å². The van der Waals surface area contributed by atoms with Crippen LogP contribution in [-0.4, -0.2) is 39.1 Å². The summed E-state index contributed by atoms with van der Waals surface area (Å²) in [5.41, 5.74) is 7.33. The van der Waals surface area contributed by atoms with Crippen LogP contribution in [-0.2, 0) is 6.42 Å². The summed E-state index contributed by atoms with van der Waals surface area (Å²) in [6.07, 6.45) is 6.82. The van der Waals surface area contributed by atoms with Crippen molar-refractivity contribution in [2.24, 2.45) is 0 Å². The second-order valence-corrected chi connectivity index (χ2v) is 4.91. The third-order valence-corrected chi connectivity index (χ3v) is 3.54. The molecule has 18 heavy (non-hydrogen) atoms. The van der Waals surface area contributed by atoms with Crippen LogP contribution in [0.5, 0.6) is 0 Å². The Labute approximate surface area is 107 Å². The second-order valence-electron chi connectivity index (χ2n) is 4.91. The number of anilines is 1. The number of nitrogens with two attached hydrogens (primary N) is 1. The first-order valence-electron chi connectivity index (χ1n) is 6.65. The Morgan fingerprint density at radius 3 is 2.83 bits per heavy atom. The van der Waals surface area contributed by atoms with Crippen LogP contribution >= 0.6 is 0 Å².